The summed E-state index contributed by atoms with van der Waals surface area (Å²) in [4.78, 5) is 11.5. The quantitative estimate of drug-likeness (QED) is 0.646. The van der Waals surface area contributed by atoms with Gasteiger partial charge in [-0.1, -0.05) is 0 Å². The summed E-state index contributed by atoms with van der Waals surface area (Å²) < 4.78 is 27.0. The second-order valence-electron chi connectivity index (χ2n) is 4.13. The first-order valence-electron chi connectivity index (χ1n) is 5.56. The highest BCUT2D eigenvalue weighted by Gasteiger charge is 2.35. The molecule has 1 aliphatic rings. The van der Waals surface area contributed by atoms with Crippen molar-refractivity contribution in [2.75, 3.05) is 18.1 Å². The number of rotatable bonds is 5. The number of halogens is 2. The van der Waals surface area contributed by atoms with E-state index in [1.54, 1.807) is 0 Å². The molecule has 0 amide bonds. The van der Waals surface area contributed by atoms with Crippen LogP contribution in [0.15, 0.2) is 12.1 Å². The summed E-state index contributed by atoms with van der Waals surface area (Å²) in [5, 5.41) is 19.8. The number of hydrogen-bond acceptors (Lipinski definition) is 4. The molecule has 0 saturated heterocycles. The highest BCUT2D eigenvalue weighted by Crippen LogP contribution is 2.39. The Kier molecular flexibility index (Phi) is 3.42. The molecule has 5 nitrogen and oxygen atoms in total. The third-order valence-corrected chi connectivity index (χ3v) is 2.86. The topological polar surface area (TPSA) is 66.6 Å². The molecule has 1 aromatic rings. The van der Waals surface area contributed by atoms with E-state index in [9.17, 15) is 18.9 Å². The summed E-state index contributed by atoms with van der Waals surface area (Å²) >= 11 is 0. The SMILES string of the molecule is O=[N+]([O-])c1ccc(F)c(F)c1N(CCO)C1CC1. The molecule has 0 spiro atoms. The molecular formula is C11H12F2N2O3. The van der Waals surface area contributed by atoms with Gasteiger partial charge in [-0.15, -0.1) is 0 Å². The van der Waals surface area contributed by atoms with Crippen LogP contribution < -0.4 is 4.90 Å². The number of nitro groups is 1. The van der Waals surface area contributed by atoms with Gasteiger partial charge in [-0.2, -0.15) is 0 Å². The molecule has 0 heterocycles. The van der Waals surface area contributed by atoms with Gasteiger partial charge in [0.05, 0.1) is 11.5 Å². The van der Waals surface area contributed by atoms with Crippen LogP contribution in [0.5, 0.6) is 0 Å². The number of benzene rings is 1. The van der Waals surface area contributed by atoms with Crippen molar-refractivity contribution in [1.82, 2.24) is 0 Å². The van der Waals surface area contributed by atoms with Gasteiger partial charge >= 0.3 is 0 Å². The monoisotopic (exact) mass is 258 g/mol. The second-order valence-corrected chi connectivity index (χ2v) is 4.13. The summed E-state index contributed by atoms with van der Waals surface area (Å²) in [6, 6.07) is 1.62. The van der Waals surface area contributed by atoms with Gasteiger partial charge < -0.3 is 10.0 Å². The maximum Gasteiger partial charge on any atom is 0.295 e. The third-order valence-electron chi connectivity index (χ3n) is 2.86. The Labute approximate surface area is 102 Å². The predicted octanol–water partition coefficient (Wildman–Crippen LogP) is 1.83. The zero-order valence-corrected chi connectivity index (χ0v) is 9.47. The number of aliphatic hydroxyl groups is 1. The fourth-order valence-corrected chi connectivity index (χ4v) is 1.92. The Balaban J connectivity index is 2.51. The lowest BCUT2D eigenvalue weighted by molar-refractivity contribution is -0.384. The minimum Gasteiger partial charge on any atom is -0.395 e. The molecule has 0 unspecified atom stereocenters. The molecule has 1 N–H and O–H groups in total. The summed E-state index contributed by atoms with van der Waals surface area (Å²) in [6.07, 6.45) is 1.51. The van der Waals surface area contributed by atoms with Crippen LogP contribution in [0.25, 0.3) is 0 Å². The Morgan fingerprint density at radius 3 is 2.61 bits per heavy atom. The number of anilines is 1. The first-order valence-corrected chi connectivity index (χ1v) is 5.56. The lowest BCUT2D eigenvalue weighted by Crippen LogP contribution is -2.30. The van der Waals surface area contributed by atoms with Crippen molar-refractivity contribution in [3.05, 3.63) is 33.9 Å². The average molecular weight is 258 g/mol. The average Bonchev–Trinajstić information content (AvgIpc) is 3.13. The van der Waals surface area contributed by atoms with Crippen LogP contribution in [0.4, 0.5) is 20.2 Å². The van der Waals surface area contributed by atoms with Gasteiger partial charge in [0.15, 0.2) is 17.3 Å². The first-order chi connectivity index (χ1) is 8.56. The van der Waals surface area contributed by atoms with Gasteiger partial charge in [-0.3, -0.25) is 10.1 Å². The van der Waals surface area contributed by atoms with E-state index in [0.29, 0.717) is 0 Å². The number of hydrogen-bond donors (Lipinski definition) is 1. The van der Waals surface area contributed by atoms with E-state index in [-0.39, 0.29) is 24.9 Å². The summed E-state index contributed by atoms with van der Waals surface area (Å²) in [5.41, 5.74) is -0.842. The van der Waals surface area contributed by atoms with Crippen molar-refractivity contribution in [1.29, 1.82) is 0 Å². The standard InChI is InChI=1S/C11H12F2N2O3/c12-8-3-4-9(15(17)18)11(10(8)13)14(5-6-16)7-1-2-7/h3-4,7,16H,1-2,5-6H2. The van der Waals surface area contributed by atoms with Gasteiger partial charge in [0, 0.05) is 18.7 Å². The first kappa shape index (κ1) is 12.7. The molecule has 1 aliphatic carbocycles. The van der Waals surface area contributed by atoms with Crippen LogP contribution in [0.1, 0.15) is 12.8 Å². The molecule has 18 heavy (non-hydrogen) atoms. The van der Waals surface area contributed by atoms with Gasteiger partial charge in [-0.25, -0.2) is 8.78 Å². The number of nitro benzene ring substituents is 1. The molecule has 0 aliphatic heterocycles. The van der Waals surface area contributed by atoms with Crippen LogP contribution in [0.2, 0.25) is 0 Å². The van der Waals surface area contributed by atoms with Crippen molar-refractivity contribution in [3.8, 4) is 0 Å². The minimum atomic E-state index is -1.23. The lowest BCUT2D eigenvalue weighted by atomic mass is 10.2. The van der Waals surface area contributed by atoms with Crippen molar-refractivity contribution in [2.45, 2.75) is 18.9 Å². The highest BCUT2D eigenvalue weighted by atomic mass is 19.2. The fraction of sp³-hybridized carbons (Fsp3) is 0.455. The van der Waals surface area contributed by atoms with Gasteiger partial charge in [0.2, 0.25) is 0 Å². The van der Waals surface area contributed by atoms with E-state index in [1.165, 1.54) is 4.90 Å². The predicted molar refractivity (Wildman–Crippen MR) is 60.5 cm³/mol. The Morgan fingerprint density at radius 2 is 2.11 bits per heavy atom. The van der Waals surface area contributed by atoms with E-state index < -0.39 is 22.2 Å². The molecule has 0 radical (unpaired) electrons. The molecular weight excluding hydrogens is 246 g/mol. The van der Waals surface area contributed by atoms with Crippen LogP contribution in [0.3, 0.4) is 0 Å². The van der Waals surface area contributed by atoms with E-state index in [1.807, 2.05) is 0 Å². The maximum atomic E-state index is 13.8. The molecule has 0 bridgehead atoms. The third kappa shape index (κ3) is 2.26. The Morgan fingerprint density at radius 1 is 1.44 bits per heavy atom. The minimum absolute atomic E-state index is 0.0475. The molecule has 1 fully saturated rings. The molecule has 98 valence electrons. The van der Waals surface area contributed by atoms with E-state index in [4.69, 9.17) is 5.11 Å². The Hall–Kier alpha value is -1.76. The van der Waals surface area contributed by atoms with E-state index in [0.717, 1.165) is 25.0 Å². The number of aliphatic hydroxyl groups excluding tert-OH is 1. The van der Waals surface area contributed by atoms with Crippen LogP contribution in [-0.4, -0.2) is 29.2 Å². The van der Waals surface area contributed by atoms with Crippen molar-refractivity contribution in [3.63, 3.8) is 0 Å². The molecule has 1 aromatic carbocycles. The van der Waals surface area contributed by atoms with Crippen LogP contribution >= 0.6 is 0 Å². The normalized spacial score (nSPS) is 14.6. The zero-order chi connectivity index (χ0) is 13.3. The molecule has 2 rings (SSSR count). The summed E-state index contributed by atoms with van der Waals surface area (Å²) in [6.45, 7) is -0.227. The van der Waals surface area contributed by atoms with Crippen LogP contribution in [-0.2, 0) is 0 Å². The van der Waals surface area contributed by atoms with Crippen molar-refractivity contribution < 1.29 is 18.8 Å². The lowest BCUT2D eigenvalue weighted by Gasteiger charge is -2.23. The largest absolute Gasteiger partial charge is 0.395 e. The van der Waals surface area contributed by atoms with Gasteiger partial charge in [0.25, 0.3) is 5.69 Å². The molecule has 0 aromatic heterocycles. The highest BCUT2D eigenvalue weighted by molar-refractivity contribution is 5.65. The summed E-state index contributed by atoms with van der Waals surface area (Å²) in [7, 11) is 0. The van der Waals surface area contributed by atoms with E-state index >= 15 is 0 Å². The Bertz CT molecular complexity index is 478. The van der Waals surface area contributed by atoms with Gasteiger partial charge in [-0.05, 0) is 18.9 Å². The second kappa shape index (κ2) is 4.85. The van der Waals surface area contributed by atoms with Crippen molar-refractivity contribution in [2.24, 2.45) is 0 Å². The maximum absolute atomic E-state index is 13.8. The summed E-state index contributed by atoms with van der Waals surface area (Å²) in [5.74, 6) is -2.36. The fourth-order valence-electron chi connectivity index (χ4n) is 1.92. The molecule has 7 heteroatoms. The molecule has 0 atom stereocenters. The molecule has 1 saturated carbocycles. The van der Waals surface area contributed by atoms with Gasteiger partial charge in [0.1, 0.15) is 0 Å². The number of nitrogens with zero attached hydrogens (tertiary/aromatic N) is 2. The van der Waals surface area contributed by atoms with Crippen molar-refractivity contribution >= 4 is 11.4 Å². The van der Waals surface area contributed by atoms with Crippen LogP contribution in [0, 0.1) is 21.7 Å². The van der Waals surface area contributed by atoms with E-state index in [2.05, 4.69) is 0 Å². The smallest absolute Gasteiger partial charge is 0.295 e. The zero-order valence-electron chi connectivity index (χ0n) is 9.47.